The normalized spacial score (nSPS) is 17.6. The van der Waals surface area contributed by atoms with Crippen LogP contribution in [0.5, 0.6) is 0 Å². The van der Waals surface area contributed by atoms with E-state index >= 15 is 0 Å². The summed E-state index contributed by atoms with van der Waals surface area (Å²) in [5.41, 5.74) is -0.104. The van der Waals surface area contributed by atoms with Crippen molar-refractivity contribution in [3.05, 3.63) is 47.3 Å². The molecule has 0 atom stereocenters. The zero-order chi connectivity index (χ0) is 20.4. The Bertz CT molecular complexity index is 896. The number of anilines is 2. The number of hydrogen-bond acceptors (Lipinski definition) is 6. The maximum atomic E-state index is 13.9. The standard InChI is InChI=1S/C20H23F2N5O2/c1-14-23-18(13-19(24-14)26-8-10-29-11-9-26)25-4-6-27(7-5-25)20(28)16-3-2-15(21)12-17(16)22/h2-3,12-13H,4-11H2,1H3. The number of halogens is 2. The molecule has 0 spiro atoms. The minimum absolute atomic E-state index is 0.104. The molecule has 2 saturated heterocycles. The first kappa shape index (κ1) is 19.5. The van der Waals surface area contributed by atoms with Crippen LogP contribution in [0.4, 0.5) is 20.4 Å². The molecule has 154 valence electrons. The van der Waals surface area contributed by atoms with Gasteiger partial charge in [0, 0.05) is 51.4 Å². The van der Waals surface area contributed by atoms with E-state index in [1.54, 1.807) is 4.90 Å². The first-order chi connectivity index (χ1) is 14.0. The molecule has 7 nitrogen and oxygen atoms in total. The summed E-state index contributed by atoms with van der Waals surface area (Å²) in [4.78, 5) is 27.6. The van der Waals surface area contributed by atoms with E-state index in [-0.39, 0.29) is 5.56 Å². The molecule has 9 heteroatoms. The molecule has 0 N–H and O–H groups in total. The number of carbonyl (C=O) groups excluding carboxylic acids is 1. The van der Waals surface area contributed by atoms with E-state index in [1.165, 1.54) is 6.07 Å². The van der Waals surface area contributed by atoms with E-state index in [4.69, 9.17) is 4.74 Å². The molecule has 2 aliphatic rings. The summed E-state index contributed by atoms with van der Waals surface area (Å²) in [6.45, 7) is 6.84. The molecule has 0 radical (unpaired) electrons. The molecule has 4 rings (SSSR count). The van der Waals surface area contributed by atoms with Crippen LogP contribution in [0.1, 0.15) is 16.2 Å². The molecule has 3 heterocycles. The van der Waals surface area contributed by atoms with Crippen molar-refractivity contribution in [1.82, 2.24) is 14.9 Å². The zero-order valence-corrected chi connectivity index (χ0v) is 16.3. The second-order valence-corrected chi connectivity index (χ2v) is 7.13. The highest BCUT2D eigenvalue weighted by Gasteiger charge is 2.26. The number of carbonyl (C=O) groups is 1. The SMILES string of the molecule is Cc1nc(N2CCOCC2)cc(N2CCN(C(=O)c3ccc(F)cc3F)CC2)n1. The van der Waals surface area contributed by atoms with Gasteiger partial charge in [0.25, 0.3) is 5.91 Å². The van der Waals surface area contributed by atoms with Gasteiger partial charge < -0.3 is 19.4 Å². The van der Waals surface area contributed by atoms with E-state index in [0.717, 1.165) is 36.9 Å². The van der Waals surface area contributed by atoms with E-state index in [0.29, 0.717) is 45.2 Å². The lowest BCUT2D eigenvalue weighted by Crippen LogP contribution is -2.49. The minimum atomic E-state index is -0.834. The Morgan fingerprint density at radius 3 is 2.17 bits per heavy atom. The van der Waals surface area contributed by atoms with Crippen molar-refractivity contribution in [3.8, 4) is 0 Å². The topological polar surface area (TPSA) is 61.8 Å². The van der Waals surface area contributed by atoms with E-state index < -0.39 is 17.5 Å². The fourth-order valence-corrected chi connectivity index (χ4v) is 3.62. The Kier molecular flexibility index (Phi) is 5.57. The van der Waals surface area contributed by atoms with Crippen LogP contribution in [0.2, 0.25) is 0 Å². The first-order valence-corrected chi connectivity index (χ1v) is 9.69. The number of amides is 1. The molecule has 29 heavy (non-hydrogen) atoms. The highest BCUT2D eigenvalue weighted by atomic mass is 19.1. The lowest BCUT2D eigenvalue weighted by molar-refractivity contribution is 0.0741. The first-order valence-electron chi connectivity index (χ1n) is 9.69. The Hall–Kier alpha value is -2.81. The van der Waals surface area contributed by atoms with Crippen LogP contribution < -0.4 is 9.80 Å². The molecule has 0 unspecified atom stereocenters. The predicted octanol–water partition coefficient (Wildman–Crippen LogP) is 1.86. The van der Waals surface area contributed by atoms with Gasteiger partial charge in [0.2, 0.25) is 0 Å². The highest BCUT2D eigenvalue weighted by molar-refractivity contribution is 5.94. The van der Waals surface area contributed by atoms with Gasteiger partial charge in [-0.2, -0.15) is 0 Å². The summed E-state index contributed by atoms with van der Waals surface area (Å²) in [5, 5.41) is 0. The lowest BCUT2D eigenvalue weighted by Gasteiger charge is -2.36. The Balaban J connectivity index is 1.44. The van der Waals surface area contributed by atoms with Crippen molar-refractivity contribution in [2.24, 2.45) is 0 Å². The maximum absolute atomic E-state index is 13.9. The lowest BCUT2D eigenvalue weighted by atomic mass is 10.1. The van der Waals surface area contributed by atoms with E-state index in [1.807, 2.05) is 13.0 Å². The monoisotopic (exact) mass is 403 g/mol. The molecule has 2 aliphatic heterocycles. The average molecular weight is 403 g/mol. The third-order valence-corrected chi connectivity index (χ3v) is 5.20. The third kappa shape index (κ3) is 4.29. The number of morpholine rings is 1. The van der Waals surface area contributed by atoms with Gasteiger partial charge in [-0.1, -0.05) is 0 Å². The summed E-state index contributed by atoms with van der Waals surface area (Å²) < 4.78 is 32.4. The van der Waals surface area contributed by atoms with Crippen LogP contribution in [-0.4, -0.2) is 73.3 Å². The molecule has 1 aromatic heterocycles. The van der Waals surface area contributed by atoms with Crippen LogP contribution in [0.15, 0.2) is 24.3 Å². The van der Waals surface area contributed by atoms with Crippen LogP contribution in [0.25, 0.3) is 0 Å². The van der Waals surface area contributed by atoms with Gasteiger partial charge in [-0.25, -0.2) is 18.7 Å². The number of aromatic nitrogens is 2. The molecule has 2 aromatic rings. The van der Waals surface area contributed by atoms with Gasteiger partial charge in [-0.05, 0) is 19.1 Å². The molecule has 2 fully saturated rings. The molecular weight excluding hydrogens is 380 g/mol. The summed E-state index contributed by atoms with van der Waals surface area (Å²) in [6, 6.07) is 5.00. The Morgan fingerprint density at radius 1 is 0.931 bits per heavy atom. The fourth-order valence-electron chi connectivity index (χ4n) is 3.62. The summed E-state index contributed by atoms with van der Waals surface area (Å²) in [5.74, 6) is 0.436. The van der Waals surface area contributed by atoms with Crippen molar-refractivity contribution in [2.75, 3.05) is 62.3 Å². The summed E-state index contributed by atoms with van der Waals surface area (Å²) in [6.07, 6.45) is 0. The molecule has 1 aromatic carbocycles. The van der Waals surface area contributed by atoms with Crippen LogP contribution in [0.3, 0.4) is 0 Å². The number of nitrogens with zero attached hydrogens (tertiary/aromatic N) is 5. The van der Waals surface area contributed by atoms with Gasteiger partial charge in [-0.15, -0.1) is 0 Å². The number of hydrogen-bond donors (Lipinski definition) is 0. The van der Waals surface area contributed by atoms with Crippen molar-refractivity contribution in [3.63, 3.8) is 0 Å². The molecule has 0 saturated carbocycles. The number of aryl methyl sites for hydroxylation is 1. The van der Waals surface area contributed by atoms with Crippen molar-refractivity contribution in [2.45, 2.75) is 6.92 Å². The predicted molar refractivity (Wildman–Crippen MR) is 104 cm³/mol. The van der Waals surface area contributed by atoms with Gasteiger partial charge in [0.05, 0.1) is 18.8 Å². The van der Waals surface area contributed by atoms with Gasteiger partial charge in [-0.3, -0.25) is 4.79 Å². The van der Waals surface area contributed by atoms with Gasteiger partial charge in [0.1, 0.15) is 29.1 Å². The number of piperazine rings is 1. The highest BCUT2D eigenvalue weighted by Crippen LogP contribution is 2.22. The number of benzene rings is 1. The molecule has 0 bridgehead atoms. The van der Waals surface area contributed by atoms with Gasteiger partial charge >= 0.3 is 0 Å². The van der Waals surface area contributed by atoms with Crippen molar-refractivity contribution < 1.29 is 18.3 Å². The Labute approximate surface area is 167 Å². The van der Waals surface area contributed by atoms with E-state index in [9.17, 15) is 13.6 Å². The van der Waals surface area contributed by atoms with Crippen molar-refractivity contribution >= 4 is 17.5 Å². The summed E-state index contributed by atoms with van der Waals surface area (Å²) in [7, 11) is 0. The fraction of sp³-hybridized carbons (Fsp3) is 0.450. The van der Waals surface area contributed by atoms with Crippen LogP contribution >= 0.6 is 0 Å². The quantitative estimate of drug-likeness (QED) is 0.780. The van der Waals surface area contributed by atoms with Crippen LogP contribution in [-0.2, 0) is 4.74 Å². The number of rotatable bonds is 3. The second kappa shape index (κ2) is 8.28. The molecule has 0 aliphatic carbocycles. The van der Waals surface area contributed by atoms with Gasteiger partial charge in [0.15, 0.2) is 0 Å². The third-order valence-electron chi connectivity index (χ3n) is 5.20. The van der Waals surface area contributed by atoms with Crippen molar-refractivity contribution in [1.29, 1.82) is 0 Å². The maximum Gasteiger partial charge on any atom is 0.256 e. The largest absolute Gasteiger partial charge is 0.378 e. The second-order valence-electron chi connectivity index (χ2n) is 7.13. The average Bonchev–Trinajstić information content (AvgIpc) is 2.74. The molecule has 1 amide bonds. The van der Waals surface area contributed by atoms with E-state index in [2.05, 4.69) is 19.8 Å². The van der Waals surface area contributed by atoms with Crippen LogP contribution in [0, 0.1) is 18.6 Å². The molecular formula is C20H23F2N5O2. The number of ether oxygens (including phenoxy) is 1. The zero-order valence-electron chi connectivity index (χ0n) is 16.3. The minimum Gasteiger partial charge on any atom is -0.378 e. The Morgan fingerprint density at radius 2 is 1.55 bits per heavy atom. The summed E-state index contributed by atoms with van der Waals surface area (Å²) >= 11 is 0. The smallest absolute Gasteiger partial charge is 0.256 e.